The molecule has 9 heteroatoms. The third-order valence-electron chi connectivity index (χ3n) is 3.14. The molecular weight excluding hydrogens is 347 g/mol. The lowest BCUT2D eigenvalue weighted by atomic mass is 10.1. The van der Waals surface area contributed by atoms with Gasteiger partial charge in [-0.3, -0.25) is 0 Å². The number of nitrogens with one attached hydrogen (secondary N) is 2. The van der Waals surface area contributed by atoms with Crippen LogP contribution in [0.15, 0.2) is 23.4 Å². The Morgan fingerprint density at radius 2 is 2.14 bits per heavy atom. The smallest absolute Gasteiger partial charge is 0.243 e. The quantitative estimate of drug-likeness (QED) is 0.729. The van der Waals surface area contributed by atoms with Crippen LogP contribution in [-0.2, 0) is 10.0 Å². The average Bonchev–Trinajstić information content (AvgIpc) is 2.83. The number of pyridine rings is 1. The second kappa shape index (κ2) is 7.61. The van der Waals surface area contributed by atoms with Crippen LogP contribution in [0.5, 0.6) is 0 Å². The Balaban J connectivity index is 0.00000242. The number of fused-ring (bicyclic) bond motifs is 1. The molecule has 2 aromatic rings. The molecule has 0 fully saturated rings. The van der Waals surface area contributed by atoms with E-state index in [-0.39, 0.29) is 29.9 Å². The Morgan fingerprint density at radius 1 is 1.45 bits per heavy atom. The van der Waals surface area contributed by atoms with Crippen molar-refractivity contribution in [3.05, 3.63) is 23.5 Å². The van der Waals surface area contributed by atoms with Crippen LogP contribution < -0.4 is 10.5 Å². The lowest BCUT2D eigenvalue weighted by Gasteiger charge is -2.18. The molecule has 2 heterocycles. The first kappa shape index (κ1) is 19.2. The highest BCUT2D eigenvalue weighted by atomic mass is 35.5. The van der Waals surface area contributed by atoms with Gasteiger partial charge in [-0.05, 0) is 18.4 Å². The van der Waals surface area contributed by atoms with E-state index in [9.17, 15) is 8.42 Å². The molecule has 0 aromatic carbocycles. The predicted molar refractivity (Wildman–Crippen MR) is 91.0 cm³/mol. The number of aromatic amines is 1. The number of H-pyrrole nitrogens is 1. The standard InChI is InChI=1S/C13H19ClN4O2S.ClH/c1-8(2)5-9(6-15)18-21(19,20)11-7-17-13-12(11)10(14)3-4-16-13;/h3-4,7-9,18H,5-6,15H2,1-2H3,(H,16,17);1H. The van der Waals surface area contributed by atoms with Crippen LogP contribution in [0, 0.1) is 5.92 Å². The Labute approximate surface area is 141 Å². The van der Waals surface area contributed by atoms with Gasteiger partial charge in [0.25, 0.3) is 0 Å². The summed E-state index contributed by atoms with van der Waals surface area (Å²) >= 11 is 6.09. The Bertz CT molecular complexity index is 731. The molecule has 124 valence electrons. The zero-order valence-electron chi connectivity index (χ0n) is 12.3. The summed E-state index contributed by atoms with van der Waals surface area (Å²) in [4.78, 5) is 6.98. The predicted octanol–water partition coefficient (Wildman–Crippen LogP) is 2.29. The summed E-state index contributed by atoms with van der Waals surface area (Å²) in [5, 5.41) is 0.738. The van der Waals surface area contributed by atoms with Gasteiger partial charge in [0.15, 0.2) is 0 Å². The Morgan fingerprint density at radius 3 is 2.73 bits per heavy atom. The average molecular weight is 367 g/mol. The second-order valence-electron chi connectivity index (χ2n) is 5.35. The minimum Gasteiger partial charge on any atom is -0.345 e. The number of rotatable bonds is 6. The van der Waals surface area contributed by atoms with Gasteiger partial charge in [-0.2, -0.15) is 0 Å². The molecule has 0 saturated heterocycles. The van der Waals surface area contributed by atoms with Gasteiger partial charge in [0, 0.05) is 25.0 Å². The molecule has 0 radical (unpaired) electrons. The van der Waals surface area contributed by atoms with Crippen LogP contribution in [0.4, 0.5) is 0 Å². The van der Waals surface area contributed by atoms with Crippen molar-refractivity contribution >= 4 is 45.1 Å². The van der Waals surface area contributed by atoms with Crippen LogP contribution in [0.25, 0.3) is 11.0 Å². The molecule has 0 spiro atoms. The molecular formula is C13H20Cl2N4O2S. The van der Waals surface area contributed by atoms with Crippen LogP contribution in [0.1, 0.15) is 20.3 Å². The van der Waals surface area contributed by atoms with E-state index in [4.69, 9.17) is 17.3 Å². The fourth-order valence-electron chi connectivity index (χ4n) is 2.24. The van der Waals surface area contributed by atoms with Gasteiger partial charge in [0.1, 0.15) is 10.5 Å². The van der Waals surface area contributed by atoms with Crippen molar-refractivity contribution in [1.82, 2.24) is 14.7 Å². The molecule has 0 aliphatic carbocycles. The normalized spacial score (nSPS) is 13.3. The molecule has 4 N–H and O–H groups in total. The van der Waals surface area contributed by atoms with Gasteiger partial charge in [0.2, 0.25) is 10.0 Å². The lowest BCUT2D eigenvalue weighted by molar-refractivity contribution is 0.465. The van der Waals surface area contributed by atoms with Crippen molar-refractivity contribution in [3.8, 4) is 0 Å². The van der Waals surface area contributed by atoms with Crippen molar-refractivity contribution in [2.24, 2.45) is 11.7 Å². The van der Waals surface area contributed by atoms with E-state index in [0.717, 1.165) is 0 Å². The molecule has 0 bridgehead atoms. The maximum atomic E-state index is 12.5. The molecule has 2 rings (SSSR count). The zero-order chi connectivity index (χ0) is 15.6. The SMILES string of the molecule is CC(C)CC(CN)NS(=O)(=O)c1c[nH]c2nccc(Cl)c12.Cl. The van der Waals surface area contributed by atoms with Gasteiger partial charge in [-0.15, -0.1) is 12.4 Å². The number of hydrogen-bond acceptors (Lipinski definition) is 4. The Kier molecular flexibility index (Phi) is 6.64. The highest BCUT2D eigenvalue weighted by Crippen LogP contribution is 2.28. The summed E-state index contributed by atoms with van der Waals surface area (Å²) in [6.07, 6.45) is 3.59. The molecule has 2 aromatic heterocycles. The van der Waals surface area contributed by atoms with E-state index in [2.05, 4.69) is 14.7 Å². The number of hydrogen-bond donors (Lipinski definition) is 3. The minimum atomic E-state index is -3.71. The van der Waals surface area contributed by atoms with Gasteiger partial charge >= 0.3 is 0 Å². The van der Waals surface area contributed by atoms with E-state index in [1.165, 1.54) is 12.4 Å². The van der Waals surface area contributed by atoms with Gasteiger partial charge in [-0.25, -0.2) is 18.1 Å². The summed E-state index contributed by atoms with van der Waals surface area (Å²) in [5.74, 6) is 0.342. The topological polar surface area (TPSA) is 101 Å². The van der Waals surface area contributed by atoms with Crippen LogP contribution >= 0.6 is 24.0 Å². The fourth-order valence-corrected chi connectivity index (χ4v) is 4.00. The van der Waals surface area contributed by atoms with E-state index in [1.807, 2.05) is 13.8 Å². The highest BCUT2D eigenvalue weighted by molar-refractivity contribution is 7.89. The van der Waals surface area contributed by atoms with Crippen molar-refractivity contribution < 1.29 is 8.42 Å². The van der Waals surface area contributed by atoms with Crippen molar-refractivity contribution in [2.75, 3.05) is 6.54 Å². The van der Waals surface area contributed by atoms with Crippen molar-refractivity contribution in [2.45, 2.75) is 31.2 Å². The second-order valence-corrected chi connectivity index (χ2v) is 7.44. The van der Waals surface area contributed by atoms with Gasteiger partial charge < -0.3 is 10.7 Å². The first-order valence-electron chi connectivity index (χ1n) is 6.69. The lowest BCUT2D eigenvalue weighted by Crippen LogP contribution is -2.40. The summed E-state index contributed by atoms with van der Waals surface area (Å²) in [6, 6.07) is 1.25. The van der Waals surface area contributed by atoms with Crippen molar-refractivity contribution in [3.63, 3.8) is 0 Å². The van der Waals surface area contributed by atoms with E-state index < -0.39 is 10.0 Å². The van der Waals surface area contributed by atoms with Crippen LogP contribution in [-0.4, -0.2) is 31.0 Å². The Hall–Kier alpha value is -0.860. The van der Waals surface area contributed by atoms with E-state index in [1.54, 1.807) is 6.07 Å². The summed E-state index contributed by atoms with van der Waals surface area (Å²) in [6.45, 7) is 4.28. The fraction of sp³-hybridized carbons (Fsp3) is 0.462. The number of aromatic nitrogens is 2. The molecule has 0 amide bonds. The van der Waals surface area contributed by atoms with Gasteiger partial charge in [-0.1, -0.05) is 25.4 Å². The largest absolute Gasteiger partial charge is 0.345 e. The summed E-state index contributed by atoms with van der Waals surface area (Å²) in [7, 11) is -3.71. The molecule has 0 aliphatic heterocycles. The molecule has 22 heavy (non-hydrogen) atoms. The monoisotopic (exact) mass is 366 g/mol. The van der Waals surface area contributed by atoms with E-state index >= 15 is 0 Å². The molecule has 0 saturated carbocycles. The van der Waals surface area contributed by atoms with E-state index in [0.29, 0.717) is 28.4 Å². The maximum absolute atomic E-state index is 12.5. The number of nitrogens with zero attached hydrogens (tertiary/aromatic N) is 1. The number of halogens is 2. The number of nitrogens with two attached hydrogens (primary N) is 1. The van der Waals surface area contributed by atoms with Crippen LogP contribution in [0.2, 0.25) is 5.02 Å². The highest BCUT2D eigenvalue weighted by Gasteiger charge is 2.24. The minimum absolute atomic E-state index is 0. The zero-order valence-corrected chi connectivity index (χ0v) is 14.7. The third-order valence-corrected chi connectivity index (χ3v) is 5.00. The van der Waals surface area contributed by atoms with Crippen molar-refractivity contribution in [1.29, 1.82) is 0 Å². The maximum Gasteiger partial charge on any atom is 0.243 e. The third kappa shape index (κ3) is 4.11. The molecule has 1 unspecified atom stereocenters. The molecule has 0 aliphatic rings. The first-order chi connectivity index (χ1) is 9.85. The van der Waals surface area contributed by atoms with Gasteiger partial charge in [0.05, 0.1) is 10.4 Å². The first-order valence-corrected chi connectivity index (χ1v) is 8.55. The summed E-state index contributed by atoms with van der Waals surface area (Å²) in [5.41, 5.74) is 6.09. The summed E-state index contributed by atoms with van der Waals surface area (Å²) < 4.78 is 27.7. The van der Waals surface area contributed by atoms with Crippen LogP contribution in [0.3, 0.4) is 0 Å². The molecule has 6 nitrogen and oxygen atoms in total. The number of sulfonamides is 1. The molecule has 1 atom stereocenters.